The molecule has 0 spiro atoms. The van der Waals surface area contributed by atoms with E-state index in [0.29, 0.717) is 38.9 Å². The summed E-state index contributed by atoms with van der Waals surface area (Å²) >= 11 is 6.02. The highest BCUT2D eigenvalue weighted by Crippen LogP contribution is 2.32. The number of anilines is 3. The summed E-state index contributed by atoms with van der Waals surface area (Å²) in [6.45, 7) is 0. The number of rotatable bonds is 6. The first-order valence-electron chi connectivity index (χ1n) is 9.20. The number of carbonyl (C=O) groups is 1. The quantitative estimate of drug-likeness (QED) is 0.552. The molecule has 1 amide bonds. The maximum atomic E-state index is 14.3. The van der Waals surface area contributed by atoms with Crippen LogP contribution in [0, 0.1) is 5.82 Å². The van der Waals surface area contributed by atoms with Crippen molar-refractivity contribution in [2.24, 2.45) is 0 Å². The number of hydrogen-bond acceptors (Lipinski definition) is 5. The van der Waals surface area contributed by atoms with Crippen LogP contribution in [0.5, 0.6) is 0 Å². The number of hydrogen-bond donors (Lipinski definition) is 3. The third-order valence-electron chi connectivity index (χ3n) is 4.63. The number of halogens is 2. The van der Waals surface area contributed by atoms with Crippen LogP contribution in [0.2, 0.25) is 5.02 Å². The number of aromatic nitrogens is 2. The number of nitrogens with zero attached hydrogens (tertiary/aromatic N) is 2. The Kier molecular flexibility index (Phi) is 5.31. The first-order valence-corrected chi connectivity index (χ1v) is 9.58. The second-order valence-electron chi connectivity index (χ2n) is 6.78. The molecular weight excluding hydrogens is 393 g/mol. The second kappa shape index (κ2) is 8.05. The molecule has 0 bridgehead atoms. The van der Waals surface area contributed by atoms with Crippen molar-refractivity contribution in [1.82, 2.24) is 15.3 Å². The van der Waals surface area contributed by atoms with E-state index in [-0.39, 0.29) is 11.9 Å². The zero-order valence-electron chi connectivity index (χ0n) is 15.7. The van der Waals surface area contributed by atoms with Gasteiger partial charge in [-0.2, -0.15) is 0 Å². The van der Waals surface area contributed by atoms with Gasteiger partial charge >= 0.3 is 0 Å². The largest absolute Gasteiger partial charge is 0.385 e. The van der Waals surface area contributed by atoms with Gasteiger partial charge in [-0.05, 0) is 43.2 Å². The second-order valence-corrected chi connectivity index (χ2v) is 7.22. The maximum Gasteiger partial charge on any atom is 0.255 e. The number of benzene rings is 1. The van der Waals surface area contributed by atoms with Gasteiger partial charge in [0.25, 0.3) is 5.91 Å². The van der Waals surface area contributed by atoms with Gasteiger partial charge in [-0.15, -0.1) is 0 Å². The zero-order chi connectivity index (χ0) is 20.4. The smallest absolute Gasteiger partial charge is 0.255 e. The summed E-state index contributed by atoms with van der Waals surface area (Å²) in [5.41, 5.74) is 3.09. The summed E-state index contributed by atoms with van der Waals surface area (Å²) < 4.78 is 14.3. The lowest BCUT2D eigenvalue weighted by Gasteiger charge is -2.16. The number of carbonyl (C=O) groups excluding carboxylic acids is 1. The van der Waals surface area contributed by atoms with E-state index in [0.717, 1.165) is 12.8 Å². The van der Waals surface area contributed by atoms with Crippen molar-refractivity contribution >= 4 is 34.6 Å². The monoisotopic (exact) mass is 411 g/mol. The van der Waals surface area contributed by atoms with E-state index in [4.69, 9.17) is 11.6 Å². The van der Waals surface area contributed by atoms with Crippen LogP contribution in [0.4, 0.5) is 21.5 Å². The summed E-state index contributed by atoms with van der Waals surface area (Å²) in [7, 11) is 1.76. The number of pyridine rings is 2. The summed E-state index contributed by atoms with van der Waals surface area (Å²) in [6.07, 6.45) is 6.73. The lowest BCUT2D eigenvalue weighted by atomic mass is 10.1. The van der Waals surface area contributed by atoms with E-state index in [1.54, 1.807) is 31.6 Å². The molecule has 0 radical (unpaired) electrons. The fourth-order valence-corrected chi connectivity index (χ4v) is 3.09. The summed E-state index contributed by atoms with van der Waals surface area (Å²) in [6, 6.07) is 8.00. The Hall–Kier alpha value is -3.19. The van der Waals surface area contributed by atoms with E-state index < -0.39 is 5.82 Å². The standard InChI is InChI=1S/C21H19ClFN5O/c1-24-20-11-26-18(14-8-12(22)2-5-16(14)23)9-19(20)28-17-6-7-25-10-15(17)21(29)27-13-3-4-13/h2,5-11,13,24H,3-4H2,1H3,(H,27,29)(H,25,26,28). The van der Waals surface area contributed by atoms with Crippen molar-refractivity contribution in [3.05, 3.63) is 65.3 Å². The molecule has 4 rings (SSSR count). The van der Waals surface area contributed by atoms with Crippen molar-refractivity contribution in [2.75, 3.05) is 17.7 Å². The molecule has 0 unspecified atom stereocenters. The van der Waals surface area contributed by atoms with Crippen molar-refractivity contribution in [3.8, 4) is 11.3 Å². The van der Waals surface area contributed by atoms with Crippen LogP contribution in [0.15, 0.2) is 48.9 Å². The molecular formula is C21H19ClFN5O. The molecule has 3 aromatic rings. The van der Waals surface area contributed by atoms with Gasteiger partial charge in [0.05, 0.1) is 34.5 Å². The molecule has 29 heavy (non-hydrogen) atoms. The lowest BCUT2D eigenvalue weighted by molar-refractivity contribution is 0.0951. The first-order chi connectivity index (χ1) is 14.0. The summed E-state index contributed by atoms with van der Waals surface area (Å²) in [4.78, 5) is 21.0. The Morgan fingerprint density at radius 1 is 1.14 bits per heavy atom. The van der Waals surface area contributed by atoms with Crippen LogP contribution >= 0.6 is 11.6 Å². The molecule has 2 heterocycles. The predicted molar refractivity (Wildman–Crippen MR) is 112 cm³/mol. The third-order valence-corrected chi connectivity index (χ3v) is 4.86. The first kappa shape index (κ1) is 19.1. The minimum atomic E-state index is -0.418. The van der Waals surface area contributed by atoms with Gasteiger partial charge in [-0.3, -0.25) is 14.8 Å². The van der Waals surface area contributed by atoms with Crippen molar-refractivity contribution in [3.63, 3.8) is 0 Å². The normalized spacial score (nSPS) is 13.1. The molecule has 1 aromatic carbocycles. The average Bonchev–Trinajstić information content (AvgIpc) is 3.54. The third kappa shape index (κ3) is 4.30. The molecule has 0 atom stereocenters. The van der Waals surface area contributed by atoms with Crippen LogP contribution in [0.1, 0.15) is 23.2 Å². The fourth-order valence-electron chi connectivity index (χ4n) is 2.92. The van der Waals surface area contributed by atoms with Crippen LogP contribution < -0.4 is 16.0 Å². The minimum Gasteiger partial charge on any atom is -0.385 e. The highest BCUT2D eigenvalue weighted by molar-refractivity contribution is 6.30. The maximum absolute atomic E-state index is 14.3. The zero-order valence-corrected chi connectivity index (χ0v) is 16.4. The van der Waals surface area contributed by atoms with E-state index in [1.165, 1.54) is 24.4 Å². The summed E-state index contributed by atoms with van der Waals surface area (Å²) in [5, 5.41) is 9.69. The molecule has 1 aliphatic carbocycles. The van der Waals surface area contributed by atoms with Gasteiger partial charge in [0, 0.05) is 36.1 Å². The van der Waals surface area contributed by atoms with Gasteiger partial charge in [0.15, 0.2) is 0 Å². The average molecular weight is 412 g/mol. The van der Waals surface area contributed by atoms with Gasteiger partial charge in [-0.25, -0.2) is 4.39 Å². The van der Waals surface area contributed by atoms with Crippen molar-refractivity contribution in [2.45, 2.75) is 18.9 Å². The van der Waals surface area contributed by atoms with E-state index in [2.05, 4.69) is 25.9 Å². The molecule has 1 fully saturated rings. The lowest BCUT2D eigenvalue weighted by Crippen LogP contribution is -2.26. The molecule has 3 N–H and O–H groups in total. The van der Waals surface area contributed by atoms with E-state index in [1.807, 2.05) is 0 Å². The fraction of sp³-hybridized carbons (Fsp3) is 0.190. The minimum absolute atomic E-state index is 0.177. The molecule has 0 saturated heterocycles. The van der Waals surface area contributed by atoms with Gasteiger partial charge in [-0.1, -0.05) is 11.6 Å². The Morgan fingerprint density at radius 3 is 2.72 bits per heavy atom. The van der Waals surface area contributed by atoms with Gasteiger partial charge in [0.2, 0.25) is 0 Å². The van der Waals surface area contributed by atoms with Gasteiger partial charge in [0.1, 0.15) is 5.82 Å². The van der Waals surface area contributed by atoms with Crippen molar-refractivity contribution in [1.29, 1.82) is 0 Å². The van der Waals surface area contributed by atoms with Gasteiger partial charge < -0.3 is 16.0 Å². The van der Waals surface area contributed by atoms with Crippen LogP contribution in [0.3, 0.4) is 0 Å². The molecule has 6 nitrogen and oxygen atoms in total. The van der Waals surface area contributed by atoms with Crippen molar-refractivity contribution < 1.29 is 9.18 Å². The highest BCUT2D eigenvalue weighted by Gasteiger charge is 2.25. The molecule has 0 aliphatic heterocycles. The van der Waals surface area contributed by atoms with E-state index >= 15 is 0 Å². The Balaban J connectivity index is 1.70. The van der Waals surface area contributed by atoms with E-state index in [9.17, 15) is 9.18 Å². The topological polar surface area (TPSA) is 78.9 Å². The van der Waals surface area contributed by atoms with Crippen LogP contribution in [0.25, 0.3) is 11.3 Å². The SMILES string of the molecule is CNc1cnc(-c2cc(Cl)ccc2F)cc1Nc1ccncc1C(=O)NC1CC1. The molecule has 2 aromatic heterocycles. The molecule has 1 saturated carbocycles. The van der Waals surface area contributed by atoms with Crippen LogP contribution in [-0.4, -0.2) is 29.0 Å². The Morgan fingerprint density at radius 2 is 1.97 bits per heavy atom. The Bertz CT molecular complexity index is 1070. The highest BCUT2D eigenvalue weighted by atomic mass is 35.5. The summed E-state index contributed by atoms with van der Waals surface area (Å²) in [5.74, 6) is -0.595. The van der Waals surface area contributed by atoms with Crippen LogP contribution in [-0.2, 0) is 0 Å². The predicted octanol–water partition coefficient (Wildman–Crippen LogP) is 4.61. The number of amides is 1. The number of nitrogens with one attached hydrogen (secondary N) is 3. The molecule has 8 heteroatoms. The molecule has 148 valence electrons. The molecule has 1 aliphatic rings. The Labute approximate surface area is 172 Å².